The molecule has 1 unspecified atom stereocenters. The Morgan fingerprint density at radius 2 is 1.93 bits per heavy atom. The van der Waals surface area contributed by atoms with E-state index in [2.05, 4.69) is 0 Å². The van der Waals surface area contributed by atoms with E-state index in [-0.39, 0.29) is 5.97 Å². The van der Waals surface area contributed by atoms with Gasteiger partial charge in [0.05, 0.1) is 0 Å². The second-order valence-electron chi connectivity index (χ2n) is 4.08. The minimum atomic E-state index is -0.502. The predicted molar refractivity (Wildman–Crippen MR) is 58.3 cm³/mol. The molecule has 0 spiro atoms. The van der Waals surface area contributed by atoms with E-state index in [0.717, 1.165) is 12.0 Å². The van der Waals surface area contributed by atoms with Crippen molar-refractivity contribution in [3.8, 4) is 0 Å². The van der Waals surface area contributed by atoms with Crippen molar-refractivity contribution in [1.82, 2.24) is 0 Å². The first-order chi connectivity index (χ1) is 7.12. The number of carbonyl (C=O) groups is 1. The molecule has 1 aromatic carbocycles. The van der Waals surface area contributed by atoms with Gasteiger partial charge in [0.25, 0.3) is 0 Å². The number of cyclic esters (lactones) is 1. The van der Waals surface area contributed by atoms with Gasteiger partial charge < -0.3 is 4.74 Å². The Morgan fingerprint density at radius 3 is 2.53 bits per heavy atom. The molecule has 0 aromatic heterocycles. The largest absolute Gasteiger partial charge is 0.451 e. The quantitative estimate of drug-likeness (QED) is 0.654. The van der Waals surface area contributed by atoms with E-state index in [9.17, 15) is 4.79 Å². The van der Waals surface area contributed by atoms with E-state index in [1.165, 1.54) is 0 Å². The molecule has 0 saturated carbocycles. The lowest BCUT2D eigenvalue weighted by molar-refractivity contribution is -0.156. The van der Waals surface area contributed by atoms with Gasteiger partial charge in [0, 0.05) is 12.0 Å². The van der Waals surface area contributed by atoms with E-state index in [1.807, 2.05) is 43.3 Å². The van der Waals surface area contributed by atoms with Crippen LogP contribution in [0, 0.1) is 0 Å². The molecule has 0 radical (unpaired) electrons. The summed E-state index contributed by atoms with van der Waals surface area (Å²) in [5.41, 5.74) is 1.24. The third-order valence-corrected chi connectivity index (χ3v) is 2.82. The van der Waals surface area contributed by atoms with Crippen molar-refractivity contribution in [2.45, 2.75) is 25.9 Å². The van der Waals surface area contributed by atoms with Crippen molar-refractivity contribution >= 4 is 5.97 Å². The lowest BCUT2D eigenvalue weighted by Crippen LogP contribution is -2.32. The number of hydrogen-bond donors (Lipinski definition) is 0. The van der Waals surface area contributed by atoms with Crippen molar-refractivity contribution in [1.29, 1.82) is 0 Å². The molecule has 2 rings (SSSR count). The van der Waals surface area contributed by atoms with Crippen LogP contribution in [0.25, 0.3) is 0 Å². The highest BCUT2D eigenvalue weighted by molar-refractivity contribution is 5.89. The zero-order valence-corrected chi connectivity index (χ0v) is 8.99. The Balaban J connectivity index is 2.34. The Labute approximate surface area is 89.6 Å². The Morgan fingerprint density at radius 1 is 1.27 bits per heavy atom. The first kappa shape index (κ1) is 9.97. The van der Waals surface area contributed by atoms with Gasteiger partial charge in [-0.05, 0) is 19.4 Å². The van der Waals surface area contributed by atoms with Crippen LogP contribution in [0.15, 0.2) is 42.0 Å². The summed E-state index contributed by atoms with van der Waals surface area (Å²) in [7, 11) is 0. The lowest BCUT2D eigenvalue weighted by atomic mass is 9.89. The molecule has 0 aliphatic carbocycles. The number of esters is 1. The van der Waals surface area contributed by atoms with Crippen molar-refractivity contribution in [2.75, 3.05) is 0 Å². The van der Waals surface area contributed by atoms with Gasteiger partial charge in [0.2, 0.25) is 0 Å². The SMILES string of the molecule is CC1=CCC(C)(c2ccccc2)OC1=O. The van der Waals surface area contributed by atoms with Crippen LogP contribution in [-0.2, 0) is 15.1 Å². The molecule has 0 amide bonds. The first-order valence-electron chi connectivity index (χ1n) is 5.07. The van der Waals surface area contributed by atoms with E-state index in [1.54, 1.807) is 6.92 Å². The highest BCUT2D eigenvalue weighted by Crippen LogP contribution is 2.33. The number of rotatable bonds is 1. The molecule has 1 aromatic rings. The summed E-state index contributed by atoms with van der Waals surface area (Å²) < 4.78 is 5.46. The molecule has 0 saturated heterocycles. The minimum absolute atomic E-state index is 0.215. The third kappa shape index (κ3) is 1.80. The van der Waals surface area contributed by atoms with Gasteiger partial charge in [-0.1, -0.05) is 36.4 Å². The maximum Gasteiger partial charge on any atom is 0.334 e. The fourth-order valence-corrected chi connectivity index (χ4v) is 1.73. The Kier molecular flexibility index (Phi) is 2.35. The smallest absolute Gasteiger partial charge is 0.334 e. The molecule has 1 heterocycles. The van der Waals surface area contributed by atoms with Crippen molar-refractivity contribution in [3.63, 3.8) is 0 Å². The van der Waals surface area contributed by atoms with Gasteiger partial charge in [-0.3, -0.25) is 0 Å². The summed E-state index contributed by atoms with van der Waals surface area (Å²) in [4.78, 5) is 11.5. The van der Waals surface area contributed by atoms with Gasteiger partial charge in [0.15, 0.2) is 0 Å². The van der Waals surface area contributed by atoms with E-state index >= 15 is 0 Å². The van der Waals surface area contributed by atoms with Gasteiger partial charge in [-0.2, -0.15) is 0 Å². The van der Waals surface area contributed by atoms with Crippen LogP contribution in [0.2, 0.25) is 0 Å². The van der Waals surface area contributed by atoms with Gasteiger partial charge >= 0.3 is 5.97 Å². The van der Waals surface area contributed by atoms with Gasteiger partial charge in [-0.25, -0.2) is 4.79 Å². The second kappa shape index (κ2) is 3.54. The van der Waals surface area contributed by atoms with Crippen LogP contribution in [0.3, 0.4) is 0 Å². The zero-order chi connectivity index (χ0) is 10.9. The molecule has 15 heavy (non-hydrogen) atoms. The van der Waals surface area contributed by atoms with Crippen LogP contribution < -0.4 is 0 Å². The number of benzene rings is 1. The first-order valence-corrected chi connectivity index (χ1v) is 5.07. The molecule has 2 heteroatoms. The molecule has 2 nitrogen and oxygen atoms in total. The molecule has 1 aliphatic rings. The average Bonchev–Trinajstić information content (AvgIpc) is 2.26. The second-order valence-corrected chi connectivity index (χ2v) is 4.08. The van der Waals surface area contributed by atoms with Crippen LogP contribution in [0.1, 0.15) is 25.8 Å². The summed E-state index contributed by atoms with van der Waals surface area (Å²) in [6.07, 6.45) is 2.69. The summed E-state index contributed by atoms with van der Waals surface area (Å²) in [6.45, 7) is 3.73. The summed E-state index contributed by atoms with van der Waals surface area (Å²) in [6, 6.07) is 9.85. The third-order valence-electron chi connectivity index (χ3n) is 2.82. The van der Waals surface area contributed by atoms with Crippen LogP contribution in [0.5, 0.6) is 0 Å². The number of carbonyl (C=O) groups excluding carboxylic acids is 1. The highest BCUT2D eigenvalue weighted by atomic mass is 16.6. The van der Waals surface area contributed by atoms with E-state index < -0.39 is 5.60 Å². The highest BCUT2D eigenvalue weighted by Gasteiger charge is 2.33. The minimum Gasteiger partial charge on any atom is -0.451 e. The van der Waals surface area contributed by atoms with Gasteiger partial charge in [-0.15, -0.1) is 0 Å². The molecule has 1 aliphatic heterocycles. The standard InChI is InChI=1S/C13H14O2/c1-10-8-9-13(2,15-12(10)14)11-6-4-3-5-7-11/h3-8H,9H2,1-2H3. The molecule has 0 N–H and O–H groups in total. The zero-order valence-electron chi connectivity index (χ0n) is 8.99. The topological polar surface area (TPSA) is 26.3 Å². The normalized spacial score (nSPS) is 25.7. The average molecular weight is 202 g/mol. The summed E-state index contributed by atoms with van der Waals surface area (Å²) >= 11 is 0. The number of ether oxygens (including phenoxy) is 1. The van der Waals surface area contributed by atoms with Crippen molar-refractivity contribution in [2.24, 2.45) is 0 Å². The Bertz CT molecular complexity index is 406. The summed E-state index contributed by atoms with van der Waals surface area (Å²) in [5, 5.41) is 0. The monoisotopic (exact) mass is 202 g/mol. The van der Waals surface area contributed by atoms with Crippen LogP contribution in [0.4, 0.5) is 0 Å². The molecular weight excluding hydrogens is 188 g/mol. The Hall–Kier alpha value is -1.57. The maximum atomic E-state index is 11.5. The summed E-state index contributed by atoms with van der Waals surface area (Å²) in [5.74, 6) is -0.215. The molecule has 0 bridgehead atoms. The van der Waals surface area contributed by atoms with E-state index in [0.29, 0.717) is 5.57 Å². The maximum absolute atomic E-state index is 11.5. The fourth-order valence-electron chi connectivity index (χ4n) is 1.73. The predicted octanol–water partition coefficient (Wildman–Crippen LogP) is 2.80. The number of hydrogen-bond acceptors (Lipinski definition) is 2. The van der Waals surface area contributed by atoms with Crippen LogP contribution in [-0.4, -0.2) is 5.97 Å². The van der Waals surface area contributed by atoms with Crippen molar-refractivity contribution < 1.29 is 9.53 Å². The molecule has 1 atom stereocenters. The van der Waals surface area contributed by atoms with E-state index in [4.69, 9.17) is 4.74 Å². The molecule has 78 valence electrons. The lowest BCUT2D eigenvalue weighted by Gasteiger charge is -2.32. The van der Waals surface area contributed by atoms with Gasteiger partial charge in [0.1, 0.15) is 5.60 Å². The molecular formula is C13H14O2. The fraction of sp³-hybridized carbons (Fsp3) is 0.308. The van der Waals surface area contributed by atoms with Crippen LogP contribution >= 0.6 is 0 Å². The van der Waals surface area contributed by atoms with Crippen molar-refractivity contribution in [3.05, 3.63) is 47.5 Å². The molecule has 0 fully saturated rings.